The lowest BCUT2D eigenvalue weighted by Crippen LogP contribution is -2.27. The number of aromatic nitrogens is 1. The van der Waals surface area contributed by atoms with Crippen molar-refractivity contribution in [2.75, 3.05) is 11.9 Å². The molecule has 0 spiro atoms. The average molecular weight is 424 g/mol. The number of allylic oxidation sites excluding steroid dienone is 1. The topological polar surface area (TPSA) is 128 Å². The quantitative estimate of drug-likeness (QED) is 0.588. The lowest BCUT2D eigenvalue weighted by atomic mass is 9.84. The van der Waals surface area contributed by atoms with E-state index in [0.717, 1.165) is 0 Å². The third kappa shape index (κ3) is 2.90. The van der Waals surface area contributed by atoms with Crippen molar-refractivity contribution in [2.45, 2.75) is 12.8 Å². The Labute approximate surface area is 174 Å². The van der Waals surface area contributed by atoms with Gasteiger partial charge in [0, 0.05) is 11.6 Å². The molecule has 1 aliphatic rings. The first-order valence-electron chi connectivity index (χ1n) is 8.69. The molecule has 0 bridgehead atoms. The van der Waals surface area contributed by atoms with Crippen molar-refractivity contribution in [3.05, 3.63) is 67.8 Å². The van der Waals surface area contributed by atoms with Crippen LogP contribution in [0.5, 0.6) is 5.75 Å². The molecule has 7 nitrogen and oxygen atoms in total. The van der Waals surface area contributed by atoms with E-state index in [4.69, 9.17) is 22.1 Å². The lowest BCUT2D eigenvalue weighted by Gasteiger charge is -2.25. The Morgan fingerprint density at radius 1 is 1.31 bits per heavy atom. The summed E-state index contributed by atoms with van der Waals surface area (Å²) in [6.45, 7) is 2.53. The van der Waals surface area contributed by atoms with Gasteiger partial charge in [-0.05, 0) is 24.6 Å². The van der Waals surface area contributed by atoms with Gasteiger partial charge in [0.2, 0.25) is 5.88 Å². The molecular formula is C20H14ClN5O2S. The van der Waals surface area contributed by atoms with Gasteiger partial charge >= 0.3 is 0 Å². The minimum atomic E-state index is -0.704. The van der Waals surface area contributed by atoms with Crippen LogP contribution in [0.2, 0.25) is 5.02 Å². The number of nitrogens with zero attached hydrogens (tertiary/aromatic N) is 2. The summed E-state index contributed by atoms with van der Waals surface area (Å²) in [6.07, 6.45) is 0. The van der Waals surface area contributed by atoms with E-state index in [1.807, 2.05) is 6.92 Å². The first-order chi connectivity index (χ1) is 14.0. The van der Waals surface area contributed by atoms with Gasteiger partial charge in [0.25, 0.3) is 5.56 Å². The molecule has 0 fully saturated rings. The number of hydrogen-bond donors (Lipinski definition) is 3. The molecule has 1 atom stereocenters. The smallest absolute Gasteiger partial charge is 0.256 e. The summed E-state index contributed by atoms with van der Waals surface area (Å²) in [5, 5.41) is 23.6. The number of nitriles is 2. The van der Waals surface area contributed by atoms with E-state index < -0.39 is 11.5 Å². The summed E-state index contributed by atoms with van der Waals surface area (Å²) in [5.41, 5.74) is 7.46. The summed E-state index contributed by atoms with van der Waals surface area (Å²) in [7, 11) is 0. The van der Waals surface area contributed by atoms with Crippen molar-refractivity contribution >= 4 is 38.2 Å². The summed E-state index contributed by atoms with van der Waals surface area (Å²) in [5.74, 6) is -0.501. The Morgan fingerprint density at radius 3 is 2.66 bits per heavy atom. The molecule has 0 amide bonds. The highest BCUT2D eigenvalue weighted by Crippen LogP contribution is 2.47. The average Bonchev–Trinajstić information content (AvgIpc) is 3.05. The minimum absolute atomic E-state index is 0.0660. The first-order valence-corrected chi connectivity index (χ1v) is 9.89. The zero-order chi connectivity index (χ0) is 20.7. The van der Waals surface area contributed by atoms with Gasteiger partial charge in [-0.25, -0.2) is 0 Å². The van der Waals surface area contributed by atoms with Gasteiger partial charge in [-0.15, -0.1) is 11.3 Å². The van der Waals surface area contributed by atoms with Crippen LogP contribution in [0.4, 0.5) is 5.00 Å². The minimum Gasteiger partial charge on any atom is -0.438 e. The molecule has 1 unspecified atom stereocenters. The highest BCUT2D eigenvalue weighted by molar-refractivity contribution is 7.23. The second-order valence-corrected chi connectivity index (χ2v) is 7.78. The molecule has 4 N–H and O–H groups in total. The Bertz CT molecular complexity index is 1310. The van der Waals surface area contributed by atoms with Gasteiger partial charge in [-0.2, -0.15) is 10.5 Å². The summed E-state index contributed by atoms with van der Waals surface area (Å²) in [6, 6.07) is 11.1. The molecule has 9 heteroatoms. The summed E-state index contributed by atoms with van der Waals surface area (Å²) in [4.78, 5) is 15.9. The van der Waals surface area contributed by atoms with Gasteiger partial charge in [-0.3, -0.25) is 4.79 Å². The fourth-order valence-electron chi connectivity index (χ4n) is 3.43. The Hall–Kier alpha value is -3.46. The number of thiophene rings is 1. The number of fused-ring (bicyclic) bond motifs is 3. The molecule has 0 saturated carbocycles. The van der Waals surface area contributed by atoms with Gasteiger partial charge in [0.05, 0.1) is 21.7 Å². The molecule has 3 aromatic rings. The van der Waals surface area contributed by atoms with Crippen LogP contribution in [-0.4, -0.2) is 11.5 Å². The van der Waals surface area contributed by atoms with E-state index in [2.05, 4.69) is 22.4 Å². The highest BCUT2D eigenvalue weighted by atomic mass is 35.5. The second-order valence-electron chi connectivity index (χ2n) is 6.33. The number of aromatic amines is 1. The van der Waals surface area contributed by atoms with Crippen molar-refractivity contribution in [1.29, 1.82) is 10.5 Å². The monoisotopic (exact) mass is 423 g/mol. The zero-order valence-corrected chi connectivity index (χ0v) is 16.7. The van der Waals surface area contributed by atoms with Crippen LogP contribution in [0.1, 0.15) is 29.5 Å². The molecular weight excluding hydrogens is 410 g/mol. The molecule has 29 heavy (non-hydrogen) atoms. The number of hydrogen-bond acceptors (Lipinski definition) is 7. The fourth-order valence-corrected chi connectivity index (χ4v) is 4.73. The molecule has 4 rings (SSSR count). The standard InChI is InChI=1S/C20H14ClN5O2S/c1-2-25-20-12(8-23)15-17(29-20)16-14(19(27)26-15)13(11(7-22)18(24)28-16)9-3-5-10(21)6-4-9/h3-6,13,25H,2,24H2,1H3,(H,26,27). The van der Waals surface area contributed by atoms with E-state index in [1.54, 1.807) is 24.3 Å². The SMILES string of the molecule is CCNc1sc2c3c(c(=O)[nH]c2c1C#N)C(c1ccc(Cl)cc1)C(C#N)=C(N)O3. The van der Waals surface area contributed by atoms with Crippen LogP contribution in [0.3, 0.4) is 0 Å². The maximum absolute atomic E-state index is 13.1. The van der Waals surface area contributed by atoms with Crippen LogP contribution in [0.15, 0.2) is 40.5 Å². The third-order valence-electron chi connectivity index (χ3n) is 4.67. The normalized spacial score (nSPS) is 15.4. The predicted octanol–water partition coefficient (Wildman–Crippen LogP) is 3.76. The number of anilines is 1. The number of pyridine rings is 1. The first kappa shape index (κ1) is 18.9. The molecule has 0 saturated heterocycles. The number of H-pyrrole nitrogens is 1. The van der Waals surface area contributed by atoms with E-state index in [9.17, 15) is 15.3 Å². The second kappa shape index (κ2) is 7.17. The number of benzene rings is 1. The van der Waals surface area contributed by atoms with E-state index in [1.165, 1.54) is 11.3 Å². The number of ether oxygens (including phenoxy) is 1. The highest BCUT2D eigenvalue weighted by Gasteiger charge is 2.35. The number of nitrogens with two attached hydrogens (primary N) is 1. The zero-order valence-electron chi connectivity index (χ0n) is 15.2. The Kier molecular flexibility index (Phi) is 4.67. The summed E-state index contributed by atoms with van der Waals surface area (Å²) >= 11 is 7.29. The predicted molar refractivity (Wildman–Crippen MR) is 112 cm³/mol. The Balaban J connectivity index is 2.06. The van der Waals surface area contributed by atoms with Crippen molar-refractivity contribution in [2.24, 2.45) is 5.73 Å². The maximum atomic E-state index is 13.1. The molecule has 1 aliphatic heterocycles. The molecule has 0 radical (unpaired) electrons. The van der Waals surface area contributed by atoms with E-state index >= 15 is 0 Å². The summed E-state index contributed by atoms with van der Waals surface area (Å²) < 4.78 is 6.35. The molecule has 3 heterocycles. The van der Waals surface area contributed by atoms with Gasteiger partial charge in [0.1, 0.15) is 28.3 Å². The number of halogens is 1. The van der Waals surface area contributed by atoms with E-state index in [-0.39, 0.29) is 22.8 Å². The van der Waals surface area contributed by atoms with Crippen LogP contribution in [0, 0.1) is 22.7 Å². The van der Waals surface area contributed by atoms with Gasteiger partial charge < -0.3 is 20.8 Å². The van der Waals surface area contributed by atoms with Crippen LogP contribution >= 0.6 is 22.9 Å². The maximum Gasteiger partial charge on any atom is 0.256 e. The van der Waals surface area contributed by atoms with Crippen LogP contribution in [0.25, 0.3) is 10.2 Å². The van der Waals surface area contributed by atoms with Gasteiger partial charge in [0.15, 0.2) is 5.75 Å². The van der Waals surface area contributed by atoms with Crippen LogP contribution < -0.4 is 21.3 Å². The number of nitrogens with one attached hydrogen (secondary N) is 2. The van der Waals surface area contributed by atoms with Crippen molar-refractivity contribution in [3.63, 3.8) is 0 Å². The molecule has 144 valence electrons. The van der Waals surface area contributed by atoms with Crippen molar-refractivity contribution in [1.82, 2.24) is 4.98 Å². The fraction of sp³-hybridized carbons (Fsp3) is 0.150. The molecule has 0 aliphatic carbocycles. The van der Waals surface area contributed by atoms with Crippen molar-refractivity contribution in [3.8, 4) is 17.9 Å². The third-order valence-corrected chi connectivity index (χ3v) is 6.07. The van der Waals surface area contributed by atoms with E-state index in [0.29, 0.717) is 37.9 Å². The lowest BCUT2D eigenvalue weighted by molar-refractivity contribution is 0.397. The van der Waals surface area contributed by atoms with Crippen LogP contribution in [-0.2, 0) is 0 Å². The van der Waals surface area contributed by atoms with Gasteiger partial charge in [-0.1, -0.05) is 23.7 Å². The molecule has 2 aromatic heterocycles. The van der Waals surface area contributed by atoms with Crippen molar-refractivity contribution < 1.29 is 4.74 Å². The largest absolute Gasteiger partial charge is 0.438 e. The Morgan fingerprint density at radius 2 is 2.03 bits per heavy atom. The molecule has 1 aromatic carbocycles. The number of rotatable bonds is 3.